The predicted molar refractivity (Wildman–Crippen MR) is 381 cm³/mol. The number of allylic oxidation sites excluding steroid dienone is 12. The Morgan fingerprint density at radius 2 is 0.543 bits per heavy atom. The first-order valence-corrected chi connectivity index (χ1v) is 40.2. The van der Waals surface area contributed by atoms with E-state index in [4.69, 9.17) is 37.0 Å². The highest BCUT2D eigenvalue weighted by Gasteiger charge is 2.30. The minimum absolute atomic E-state index is 0.0772. The fourth-order valence-corrected chi connectivity index (χ4v) is 11.5. The third kappa shape index (κ3) is 67.1. The van der Waals surface area contributed by atoms with Crippen LogP contribution in [0.5, 0.6) is 0 Å². The molecule has 0 amide bonds. The van der Waals surface area contributed by atoms with Crippen molar-refractivity contribution in [2.24, 2.45) is 0 Å². The number of hydrogen-bond acceptors (Lipinski definition) is 15. The van der Waals surface area contributed by atoms with E-state index in [0.717, 1.165) is 180 Å². The minimum atomic E-state index is -4.97. The van der Waals surface area contributed by atoms with Crippen molar-refractivity contribution in [2.75, 3.05) is 39.6 Å². The van der Waals surface area contributed by atoms with Gasteiger partial charge >= 0.3 is 39.5 Å². The van der Waals surface area contributed by atoms with Crippen molar-refractivity contribution in [3.05, 3.63) is 72.9 Å². The van der Waals surface area contributed by atoms with Crippen LogP contribution in [-0.4, -0.2) is 96.7 Å². The van der Waals surface area contributed by atoms with Gasteiger partial charge in [-0.2, -0.15) is 0 Å². The molecule has 0 aliphatic rings. The summed E-state index contributed by atoms with van der Waals surface area (Å²) >= 11 is 0. The number of rotatable bonds is 70. The quantitative estimate of drug-likeness (QED) is 0.0169. The lowest BCUT2D eigenvalue weighted by atomic mass is 10.1. The van der Waals surface area contributed by atoms with Crippen LogP contribution in [0.4, 0.5) is 0 Å². The maximum atomic E-state index is 13.0. The second-order valence-corrected chi connectivity index (χ2v) is 27.8. The Bertz CT molecular complexity index is 2070. The van der Waals surface area contributed by atoms with Crippen LogP contribution in [0.3, 0.4) is 0 Å². The van der Waals surface area contributed by atoms with Gasteiger partial charge in [-0.25, -0.2) is 9.13 Å². The highest BCUT2D eigenvalue weighted by atomic mass is 31.2. The summed E-state index contributed by atoms with van der Waals surface area (Å²) in [6.45, 7) is 4.69. The zero-order valence-electron chi connectivity index (χ0n) is 59.4. The van der Waals surface area contributed by atoms with Crippen molar-refractivity contribution in [1.29, 1.82) is 0 Å². The SMILES string of the molecule is CCC/C=C\C/C=C\CCCCCCCC(=O)OCC(COP(=O)(O)OCC(O)COP(=O)(O)OCC(COC(=O)CCCCCCC/C=C\CCCCCCCC)OC(=O)CCCCCCC/C=C\CCCCCC)OC(=O)CCCCCCC/C=C\C/C=C\CCC. The summed E-state index contributed by atoms with van der Waals surface area (Å²) in [6.07, 6.45) is 66.1. The van der Waals surface area contributed by atoms with Gasteiger partial charge in [-0.15, -0.1) is 0 Å². The van der Waals surface area contributed by atoms with Gasteiger partial charge in [0.25, 0.3) is 0 Å². The average molecular weight is 1370 g/mol. The van der Waals surface area contributed by atoms with Crippen LogP contribution in [-0.2, 0) is 65.4 Å². The summed E-state index contributed by atoms with van der Waals surface area (Å²) in [5, 5.41) is 10.6. The molecule has 0 aliphatic carbocycles. The lowest BCUT2D eigenvalue weighted by Crippen LogP contribution is -2.30. The summed E-state index contributed by atoms with van der Waals surface area (Å²) < 4.78 is 68.3. The average Bonchev–Trinajstić information content (AvgIpc) is 2.45. The molecule has 0 aromatic heterocycles. The Hall–Kier alpha value is -3.50. The Balaban J connectivity index is 5.34. The fraction of sp³-hybridized carbons (Fsp3) is 0.787. The number of phosphoric acid groups is 2. The molecule has 546 valence electrons. The summed E-state index contributed by atoms with van der Waals surface area (Å²) in [4.78, 5) is 72.7. The number of unbranched alkanes of at least 4 members (excludes halogenated alkanes) is 32. The molecule has 0 spiro atoms. The third-order valence-corrected chi connectivity index (χ3v) is 17.5. The largest absolute Gasteiger partial charge is 0.472 e. The Kier molecular flexibility index (Phi) is 65.5. The molecule has 3 N–H and O–H groups in total. The van der Waals surface area contributed by atoms with Crippen LogP contribution in [0.2, 0.25) is 0 Å². The number of esters is 4. The molecular formula is C75H134O17P2. The second-order valence-electron chi connectivity index (χ2n) is 24.9. The Morgan fingerprint density at radius 3 is 0.851 bits per heavy atom. The number of carbonyl (C=O) groups excluding carboxylic acids is 4. The van der Waals surface area contributed by atoms with Crippen LogP contribution in [0.1, 0.15) is 323 Å². The van der Waals surface area contributed by atoms with E-state index in [9.17, 15) is 43.2 Å². The van der Waals surface area contributed by atoms with Crippen molar-refractivity contribution >= 4 is 39.5 Å². The van der Waals surface area contributed by atoms with E-state index in [-0.39, 0.29) is 25.7 Å². The zero-order valence-corrected chi connectivity index (χ0v) is 61.2. The minimum Gasteiger partial charge on any atom is -0.462 e. The first-order valence-electron chi connectivity index (χ1n) is 37.2. The summed E-state index contributed by atoms with van der Waals surface area (Å²) in [5.41, 5.74) is 0. The van der Waals surface area contributed by atoms with Crippen molar-refractivity contribution in [3.8, 4) is 0 Å². The van der Waals surface area contributed by atoms with Gasteiger partial charge in [0.1, 0.15) is 19.3 Å². The Morgan fingerprint density at radius 1 is 0.298 bits per heavy atom. The monoisotopic (exact) mass is 1370 g/mol. The van der Waals surface area contributed by atoms with Gasteiger partial charge in [-0.3, -0.25) is 37.3 Å². The lowest BCUT2D eigenvalue weighted by molar-refractivity contribution is -0.161. The molecule has 0 radical (unpaired) electrons. The molecule has 0 rings (SSSR count). The maximum absolute atomic E-state index is 13.0. The second kappa shape index (κ2) is 68.0. The van der Waals surface area contributed by atoms with Gasteiger partial charge in [-0.1, -0.05) is 242 Å². The van der Waals surface area contributed by atoms with Crippen LogP contribution < -0.4 is 0 Å². The lowest BCUT2D eigenvalue weighted by Gasteiger charge is -2.21. The first-order chi connectivity index (χ1) is 45.7. The first kappa shape index (κ1) is 90.5. The predicted octanol–water partition coefficient (Wildman–Crippen LogP) is 20.9. The molecule has 19 heteroatoms. The van der Waals surface area contributed by atoms with Crippen LogP contribution >= 0.6 is 15.6 Å². The molecule has 0 heterocycles. The summed E-state index contributed by atoms with van der Waals surface area (Å²) in [7, 11) is -9.94. The van der Waals surface area contributed by atoms with E-state index in [0.29, 0.717) is 25.7 Å². The molecule has 17 nitrogen and oxygen atoms in total. The molecule has 5 atom stereocenters. The Labute approximate surface area is 571 Å². The highest BCUT2D eigenvalue weighted by Crippen LogP contribution is 2.45. The molecule has 0 saturated carbocycles. The number of carbonyl (C=O) groups is 4. The summed E-state index contributed by atoms with van der Waals surface area (Å²) in [5.74, 6) is -2.21. The van der Waals surface area contributed by atoms with Crippen molar-refractivity contribution in [2.45, 2.75) is 341 Å². The molecular weight excluding hydrogens is 1230 g/mol. The number of hydrogen-bond donors (Lipinski definition) is 3. The number of phosphoric ester groups is 2. The topological polar surface area (TPSA) is 237 Å². The molecule has 0 aromatic carbocycles. The molecule has 94 heavy (non-hydrogen) atoms. The van der Waals surface area contributed by atoms with Gasteiger partial charge in [0.05, 0.1) is 26.4 Å². The molecule has 5 unspecified atom stereocenters. The summed E-state index contributed by atoms with van der Waals surface area (Å²) in [6, 6.07) is 0. The van der Waals surface area contributed by atoms with E-state index in [1.165, 1.54) is 64.2 Å². The van der Waals surface area contributed by atoms with Crippen LogP contribution in [0.25, 0.3) is 0 Å². The third-order valence-electron chi connectivity index (χ3n) is 15.6. The van der Waals surface area contributed by atoms with Crippen molar-refractivity contribution < 1.29 is 80.2 Å². The fourth-order valence-electron chi connectivity index (χ4n) is 9.87. The zero-order chi connectivity index (χ0) is 69.0. The van der Waals surface area contributed by atoms with Crippen molar-refractivity contribution in [3.63, 3.8) is 0 Å². The highest BCUT2D eigenvalue weighted by molar-refractivity contribution is 7.47. The van der Waals surface area contributed by atoms with Gasteiger partial charge in [0.2, 0.25) is 0 Å². The van der Waals surface area contributed by atoms with Gasteiger partial charge in [0, 0.05) is 25.7 Å². The molecule has 0 bridgehead atoms. The standard InChI is InChI=1S/C75H134O17P2/c1-5-9-13-17-21-25-29-33-34-38-40-44-48-52-56-60-73(78)86-66-71(92-75(80)62-58-54-50-46-42-37-32-28-24-20-16-12-8-4)68-90-94(83,84)88-64-69(76)63-87-93(81,82)89-67-70(91-74(79)61-57-53-49-45-41-36-31-27-23-19-15-11-7-3)65-85-72(77)59-55-51-47-43-39-35-30-26-22-18-14-10-6-2/h14-15,18-19,26-28,30-34,69-71,76H,5-13,16-17,20-25,29,35-68H2,1-4H3,(H,81,82)(H,83,84)/b18-14-,19-15-,30-26-,31-27-,32-28-,34-33-. The van der Waals surface area contributed by atoms with E-state index in [1.54, 1.807) is 0 Å². The van der Waals surface area contributed by atoms with E-state index >= 15 is 0 Å². The van der Waals surface area contributed by atoms with E-state index < -0.39 is 97.5 Å². The molecule has 0 aliphatic heterocycles. The normalized spacial score (nSPS) is 14.4. The van der Waals surface area contributed by atoms with Gasteiger partial charge in [-0.05, 0) is 128 Å². The maximum Gasteiger partial charge on any atom is 0.472 e. The molecule has 0 aromatic rings. The molecule has 0 saturated heterocycles. The van der Waals surface area contributed by atoms with E-state index in [2.05, 4.69) is 101 Å². The van der Waals surface area contributed by atoms with Crippen molar-refractivity contribution in [1.82, 2.24) is 0 Å². The van der Waals surface area contributed by atoms with Gasteiger partial charge in [0.15, 0.2) is 12.2 Å². The van der Waals surface area contributed by atoms with Crippen LogP contribution in [0.15, 0.2) is 72.9 Å². The van der Waals surface area contributed by atoms with Crippen LogP contribution in [0, 0.1) is 0 Å². The number of ether oxygens (including phenoxy) is 4. The van der Waals surface area contributed by atoms with E-state index in [1.807, 2.05) is 0 Å². The molecule has 0 fully saturated rings. The van der Waals surface area contributed by atoms with Gasteiger partial charge < -0.3 is 33.8 Å². The number of aliphatic hydroxyl groups excluding tert-OH is 1. The smallest absolute Gasteiger partial charge is 0.462 e. The number of aliphatic hydroxyl groups is 1.